The molecule has 1 saturated heterocycles. The number of nitrogens with zero attached hydrogens (tertiary/aromatic N) is 2. The molecule has 1 atom stereocenters. The summed E-state index contributed by atoms with van der Waals surface area (Å²) in [7, 11) is 0. The summed E-state index contributed by atoms with van der Waals surface area (Å²) in [5, 5.41) is 8.77. The van der Waals surface area contributed by atoms with Crippen LogP contribution in [0, 0.1) is 0 Å². The Morgan fingerprint density at radius 3 is 2.83 bits per heavy atom. The summed E-state index contributed by atoms with van der Waals surface area (Å²) < 4.78 is 40.9. The van der Waals surface area contributed by atoms with Crippen LogP contribution in [0.3, 0.4) is 0 Å². The van der Waals surface area contributed by atoms with Gasteiger partial charge in [0.25, 0.3) is 0 Å². The van der Waals surface area contributed by atoms with Gasteiger partial charge in [-0.15, -0.1) is 0 Å². The van der Waals surface area contributed by atoms with Crippen molar-refractivity contribution in [1.82, 2.24) is 20.8 Å². The molecule has 0 radical (unpaired) electrons. The lowest BCUT2D eigenvalue weighted by Crippen LogP contribution is -2.53. The second kappa shape index (κ2) is 4.92. The second-order valence-electron chi connectivity index (χ2n) is 3.90. The summed E-state index contributed by atoms with van der Waals surface area (Å²) in [5.41, 5.74) is 0. The molecular weight excluding hydrogens is 253 g/mol. The van der Waals surface area contributed by atoms with E-state index in [0.717, 1.165) is 0 Å². The van der Waals surface area contributed by atoms with E-state index in [1.807, 2.05) is 0 Å². The molecule has 0 spiro atoms. The second-order valence-corrected chi connectivity index (χ2v) is 3.90. The van der Waals surface area contributed by atoms with Crippen molar-refractivity contribution in [3.8, 4) is 0 Å². The lowest BCUT2D eigenvalue weighted by atomic mass is 10.1. The number of aromatic nitrogens is 2. The molecule has 100 valence electrons. The number of hydrogen-bond acceptors (Lipinski definition) is 5. The molecule has 2 N–H and O–H groups in total. The van der Waals surface area contributed by atoms with E-state index in [1.54, 1.807) is 0 Å². The van der Waals surface area contributed by atoms with Crippen LogP contribution in [0.1, 0.15) is 11.7 Å². The summed E-state index contributed by atoms with van der Waals surface area (Å²) in [6.07, 6.45) is -5.53. The zero-order chi connectivity index (χ0) is 13.2. The minimum atomic E-state index is -4.37. The first-order valence-corrected chi connectivity index (χ1v) is 5.33. The monoisotopic (exact) mass is 264 g/mol. The number of nitrogens with one attached hydrogen (secondary N) is 2. The van der Waals surface area contributed by atoms with Gasteiger partial charge in [0.2, 0.25) is 11.8 Å². The fourth-order valence-electron chi connectivity index (χ4n) is 1.61. The van der Waals surface area contributed by atoms with Gasteiger partial charge in [0.1, 0.15) is 6.42 Å². The molecule has 0 bridgehead atoms. The number of alkyl halides is 3. The Morgan fingerprint density at radius 2 is 2.17 bits per heavy atom. The highest BCUT2D eigenvalue weighted by atomic mass is 19.4. The predicted octanol–water partition coefficient (Wildman–Crippen LogP) is -0.195. The van der Waals surface area contributed by atoms with Crippen LogP contribution >= 0.6 is 0 Å². The molecule has 0 aliphatic carbocycles. The average Bonchev–Trinajstić information content (AvgIpc) is 2.66. The maximum absolute atomic E-state index is 12.1. The van der Waals surface area contributed by atoms with E-state index in [9.17, 15) is 18.0 Å². The third-order valence-corrected chi connectivity index (χ3v) is 2.38. The van der Waals surface area contributed by atoms with Crippen LogP contribution in [0.25, 0.3) is 0 Å². The van der Waals surface area contributed by atoms with Gasteiger partial charge in [-0.05, 0) is 0 Å². The molecule has 0 saturated carbocycles. The zero-order valence-corrected chi connectivity index (χ0v) is 9.25. The standard InChI is InChI=1S/C9H11F3N4O2/c10-9(11,12)4-6-15-7(18-16-6)3-5-8(17)14-2-1-13-5/h5,13H,1-4H2,(H,14,17). The summed E-state index contributed by atoms with van der Waals surface area (Å²) in [5.74, 6) is -0.630. The Balaban J connectivity index is 1.96. The van der Waals surface area contributed by atoms with Gasteiger partial charge in [-0.3, -0.25) is 4.79 Å². The van der Waals surface area contributed by atoms with Gasteiger partial charge in [0.15, 0.2) is 5.82 Å². The minimum absolute atomic E-state index is 0.0174. The molecule has 2 rings (SSSR count). The van der Waals surface area contributed by atoms with Gasteiger partial charge >= 0.3 is 6.18 Å². The Bertz CT molecular complexity index is 432. The lowest BCUT2D eigenvalue weighted by Gasteiger charge is -2.21. The van der Waals surface area contributed by atoms with Crippen LogP contribution in [-0.4, -0.2) is 41.4 Å². The third kappa shape index (κ3) is 3.42. The highest BCUT2D eigenvalue weighted by Gasteiger charge is 2.31. The van der Waals surface area contributed by atoms with Gasteiger partial charge < -0.3 is 15.2 Å². The molecule has 1 fully saturated rings. The van der Waals surface area contributed by atoms with Crippen molar-refractivity contribution in [2.75, 3.05) is 13.1 Å². The molecule has 1 amide bonds. The van der Waals surface area contributed by atoms with Crippen LogP contribution < -0.4 is 10.6 Å². The van der Waals surface area contributed by atoms with E-state index < -0.39 is 24.5 Å². The number of rotatable bonds is 3. The van der Waals surface area contributed by atoms with Crippen molar-refractivity contribution in [2.45, 2.75) is 25.1 Å². The largest absolute Gasteiger partial charge is 0.396 e. The predicted molar refractivity (Wildman–Crippen MR) is 52.6 cm³/mol. The van der Waals surface area contributed by atoms with E-state index in [1.165, 1.54) is 0 Å². The van der Waals surface area contributed by atoms with Crippen LogP contribution in [0.15, 0.2) is 4.52 Å². The van der Waals surface area contributed by atoms with E-state index >= 15 is 0 Å². The van der Waals surface area contributed by atoms with Crippen molar-refractivity contribution in [3.05, 3.63) is 11.7 Å². The van der Waals surface area contributed by atoms with Crippen molar-refractivity contribution in [2.24, 2.45) is 0 Å². The molecule has 1 aliphatic heterocycles. The van der Waals surface area contributed by atoms with Crippen LogP contribution in [-0.2, 0) is 17.6 Å². The Labute approximate surface area is 99.9 Å². The van der Waals surface area contributed by atoms with E-state index in [4.69, 9.17) is 0 Å². The average molecular weight is 264 g/mol. The fraction of sp³-hybridized carbons (Fsp3) is 0.667. The maximum atomic E-state index is 12.1. The summed E-state index contributed by atoms with van der Waals surface area (Å²) in [6.45, 7) is 1.12. The van der Waals surface area contributed by atoms with E-state index in [-0.39, 0.29) is 18.2 Å². The molecule has 6 nitrogen and oxygen atoms in total. The van der Waals surface area contributed by atoms with E-state index in [0.29, 0.717) is 13.1 Å². The number of carbonyl (C=O) groups excluding carboxylic acids is 1. The Hall–Kier alpha value is -1.64. The third-order valence-electron chi connectivity index (χ3n) is 2.38. The molecule has 18 heavy (non-hydrogen) atoms. The Morgan fingerprint density at radius 1 is 1.39 bits per heavy atom. The van der Waals surface area contributed by atoms with Gasteiger partial charge in [-0.1, -0.05) is 5.16 Å². The van der Waals surface area contributed by atoms with Crippen molar-refractivity contribution < 1.29 is 22.5 Å². The van der Waals surface area contributed by atoms with Gasteiger partial charge in [-0.25, -0.2) is 0 Å². The van der Waals surface area contributed by atoms with Gasteiger partial charge in [-0.2, -0.15) is 18.2 Å². The normalized spacial score (nSPS) is 20.8. The number of carbonyl (C=O) groups is 1. The molecule has 0 aromatic carbocycles. The molecular formula is C9H11F3N4O2. The van der Waals surface area contributed by atoms with Crippen LogP contribution in [0.2, 0.25) is 0 Å². The van der Waals surface area contributed by atoms with Gasteiger partial charge in [0.05, 0.1) is 12.5 Å². The zero-order valence-electron chi connectivity index (χ0n) is 9.25. The van der Waals surface area contributed by atoms with Crippen molar-refractivity contribution in [3.63, 3.8) is 0 Å². The maximum Gasteiger partial charge on any atom is 0.396 e. The SMILES string of the molecule is O=C1NCCNC1Cc1nc(CC(F)(F)F)no1. The quantitative estimate of drug-likeness (QED) is 0.790. The minimum Gasteiger partial charge on any atom is -0.353 e. The highest BCUT2D eigenvalue weighted by Crippen LogP contribution is 2.19. The molecule has 9 heteroatoms. The molecule has 1 aromatic rings. The van der Waals surface area contributed by atoms with Crippen LogP contribution in [0.4, 0.5) is 13.2 Å². The molecule has 2 heterocycles. The van der Waals surface area contributed by atoms with Crippen molar-refractivity contribution >= 4 is 5.91 Å². The fourth-order valence-corrected chi connectivity index (χ4v) is 1.61. The first-order chi connectivity index (χ1) is 8.44. The number of hydrogen-bond donors (Lipinski definition) is 2. The highest BCUT2D eigenvalue weighted by molar-refractivity contribution is 5.82. The lowest BCUT2D eigenvalue weighted by molar-refractivity contribution is -0.128. The van der Waals surface area contributed by atoms with Gasteiger partial charge in [0, 0.05) is 13.1 Å². The first-order valence-electron chi connectivity index (χ1n) is 5.33. The molecule has 1 unspecified atom stereocenters. The van der Waals surface area contributed by atoms with Crippen molar-refractivity contribution in [1.29, 1.82) is 0 Å². The summed E-state index contributed by atoms with van der Waals surface area (Å²) in [4.78, 5) is 15.0. The Kier molecular flexibility index (Phi) is 3.50. The number of amides is 1. The topological polar surface area (TPSA) is 80.0 Å². The summed E-state index contributed by atoms with van der Waals surface area (Å²) >= 11 is 0. The van der Waals surface area contributed by atoms with Crippen LogP contribution in [0.5, 0.6) is 0 Å². The number of halogens is 3. The molecule has 1 aromatic heterocycles. The van der Waals surface area contributed by atoms with E-state index in [2.05, 4.69) is 25.3 Å². The first kappa shape index (κ1) is 12.8. The molecule has 1 aliphatic rings. The number of piperazine rings is 1. The summed E-state index contributed by atoms with van der Waals surface area (Å²) in [6, 6.07) is -0.544. The smallest absolute Gasteiger partial charge is 0.353 e.